The van der Waals surface area contributed by atoms with E-state index in [0.717, 1.165) is 25.9 Å². The number of carbonyl (C=O) groups excluding carboxylic acids is 2. The van der Waals surface area contributed by atoms with Gasteiger partial charge in [0, 0.05) is 44.6 Å². The molecule has 3 unspecified atom stereocenters. The van der Waals surface area contributed by atoms with Crippen LogP contribution in [0.5, 0.6) is 0 Å². The highest BCUT2D eigenvalue weighted by Gasteiger charge is 2.32. The largest absolute Gasteiger partial charge is 0.340 e. The lowest BCUT2D eigenvalue weighted by Gasteiger charge is -2.28. The Hall–Kier alpha value is -1.89. The second kappa shape index (κ2) is 6.70. The zero-order chi connectivity index (χ0) is 16.4. The van der Waals surface area contributed by atoms with Crippen molar-refractivity contribution in [3.63, 3.8) is 0 Å². The fraction of sp³-hybridized carbons (Fsp3) is 0.688. The predicted molar refractivity (Wildman–Crippen MR) is 85.7 cm³/mol. The van der Waals surface area contributed by atoms with Crippen molar-refractivity contribution in [2.75, 3.05) is 26.7 Å². The number of fused-ring (bicyclic) bond motifs is 2. The van der Waals surface area contributed by atoms with Crippen molar-refractivity contribution in [1.29, 1.82) is 0 Å². The van der Waals surface area contributed by atoms with E-state index >= 15 is 0 Å². The lowest BCUT2D eigenvalue weighted by atomic mass is 10.1. The second-order valence-electron chi connectivity index (χ2n) is 6.62. The van der Waals surface area contributed by atoms with Crippen molar-refractivity contribution in [2.45, 2.75) is 44.3 Å². The molecule has 2 bridgehead atoms. The average Bonchev–Trinajstić information content (AvgIpc) is 3.15. The molecule has 0 radical (unpaired) electrons. The molecule has 23 heavy (non-hydrogen) atoms. The van der Waals surface area contributed by atoms with Gasteiger partial charge in [-0.05, 0) is 32.3 Å². The Morgan fingerprint density at radius 3 is 2.87 bits per heavy atom. The highest BCUT2D eigenvalue weighted by atomic mass is 16.2. The maximum absolute atomic E-state index is 12.5. The maximum Gasteiger partial charge on any atom is 0.247 e. The van der Waals surface area contributed by atoms with E-state index in [9.17, 15) is 9.59 Å². The number of nitrogens with zero attached hydrogens (tertiary/aromatic N) is 4. The molecule has 1 aromatic heterocycles. The van der Waals surface area contributed by atoms with Crippen LogP contribution in [0.2, 0.25) is 0 Å². The molecule has 0 aromatic carbocycles. The lowest BCUT2D eigenvalue weighted by Crippen LogP contribution is -2.45. The minimum atomic E-state index is -0.399. The molecule has 0 saturated carbocycles. The SMILES string of the molecule is CC(C(=O)N(C)CC(=O)N1CCC2CCC(C1)N2)n1cccn1. The Kier molecular flexibility index (Phi) is 4.66. The predicted octanol–water partition coefficient (Wildman–Crippen LogP) is 0.255. The van der Waals surface area contributed by atoms with Crippen molar-refractivity contribution < 1.29 is 9.59 Å². The van der Waals surface area contributed by atoms with Gasteiger partial charge in [-0.15, -0.1) is 0 Å². The zero-order valence-corrected chi connectivity index (χ0v) is 13.8. The monoisotopic (exact) mass is 319 g/mol. The molecule has 3 heterocycles. The molecule has 7 nitrogen and oxygen atoms in total. The van der Waals surface area contributed by atoms with Crippen LogP contribution in [0, 0.1) is 0 Å². The van der Waals surface area contributed by atoms with Gasteiger partial charge < -0.3 is 15.1 Å². The van der Waals surface area contributed by atoms with Crippen molar-refractivity contribution in [1.82, 2.24) is 24.9 Å². The van der Waals surface area contributed by atoms with E-state index in [2.05, 4.69) is 10.4 Å². The number of amides is 2. The summed E-state index contributed by atoms with van der Waals surface area (Å²) in [5.41, 5.74) is 0. The molecule has 1 aromatic rings. The van der Waals surface area contributed by atoms with Gasteiger partial charge in [0.1, 0.15) is 6.04 Å². The molecule has 0 spiro atoms. The standard InChI is InChI=1S/C16H25N5O2/c1-12(21-8-3-7-17-21)16(23)19(2)11-15(22)20-9-6-13-4-5-14(10-20)18-13/h3,7-8,12-14,18H,4-6,9-11H2,1-2H3. The van der Waals surface area contributed by atoms with Crippen LogP contribution in [-0.4, -0.2) is 70.2 Å². The van der Waals surface area contributed by atoms with Gasteiger partial charge in [-0.3, -0.25) is 14.3 Å². The summed E-state index contributed by atoms with van der Waals surface area (Å²) in [5, 5.41) is 7.66. The molecule has 3 rings (SSSR count). The van der Waals surface area contributed by atoms with E-state index in [4.69, 9.17) is 0 Å². The first-order chi connectivity index (χ1) is 11.0. The van der Waals surface area contributed by atoms with E-state index in [1.165, 1.54) is 11.3 Å². The van der Waals surface area contributed by atoms with Crippen molar-refractivity contribution in [3.05, 3.63) is 18.5 Å². The molecule has 2 saturated heterocycles. The smallest absolute Gasteiger partial charge is 0.247 e. The quantitative estimate of drug-likeness (QED) is 0.864. The van der Waals surface area contributed by atoms with Crippen LogP contribution >= 0.6 is 0 Å². The third-order valence-corrected chi connectivity index (χ3v) is 4.90. The Bertz CT molecular complexity index is 559. The summed E-state index contributed by atoms with van der Waals surface area (Å²) >= 11 is 0. The van der Waals surface area contributed by atoms with Crippen molar-refractivity contribution in [2.24, 2.45) is 0 Å². The molecule has 0 aliphatic carbocycles. The first-order valence-electron chi connectivity index (χ1n) is 8.32. The lowest BCUT2D eigenvalue weighted by molar-refractivity contribution is -0.141. The number of hydrogen-bond acceptors (Lipinski definition) is 4. The number of likely N-dealkylation sites (tertiary alicyclic amines) is 1. The van der Waals surface area contributed by atoms with Crippen LogP contribution in [0.1, 0.15) is 32.2 Å². The van der Waals surface area contributed by atoms with Gasteiger partial charge in [-0.25, -0.2) is 0 Å². The number of likely N-dealkylation sites (N-methyl/N-ethyl adjacent to an activating group) is 1. The molecule has 2 amide bonds. The highest BCUT2D eigenvalue weighted by Crippen LogP contribution is 2.20. The van der Waals surface area contributed by atoms with E-state index in [0.29, 0.717) is 12.1 Å². The first kappa shape index (κ1) is 16.0. The summed E-state index contributed by atoms with van der Waals surface area (Å²) in [6.45, 7) is 3.46. The summed E-state index contributed by atoms with van der Waals surface area (Å²) < 4.78 is 1.61. The minimum absolute atomic E-state index is 0.0304. The van der Waals surface area contributed by atoms with Crippen LogP contribution in [0.4, 0.5) is 0 Å². The van der Waals surface area contributed by atoms with Crippen LogP contribution in [0.15, 0.2) is 18.5 Å². The number of carbonyl (C=O) groups is 2. The number of rotatable bonds is 4. The highest BCUT2D eigenvalue weighted by molar-refractivity contribution is 5.86. The van der Waals surface area contributed by atoms with Crippen molar-refractivity contribution in [3.8, 4) is 0 Å². The second-order valence-corrected chi connectivity index (χ2v) is 6.62. The Morgan fingerprint density at radius 2 is 2.13 bits per heavy atom. The van der Waals surface area contributed by atoms with Gasteiger partial charge in [0.2, 0.25) is 11.8 Å². The van der Waals surface area contributed by atoms with Crippen molar-refractivity contribution >= 4 is 11.8 Å². The molecule has 1 N–H and O–H groups in total. The van der Waals surface area contributed by atoms with Crippen LogP contribution in [-0.2, 0) is 9.59 Å². The molecule has 2 aliphatic heterocycles. The molecule has 2 fully saturated rings. The van der Waals surface area contributed by atoms with Gasteiger partial charge in [-0.2, -0.15) is 5.10 Å². The summed E-state index contributed by atoms with van der Waals surface area (Å²) in [6, 6.07) is 2.35. The summed E-state index contributed by atoms with van der Waals surface area (Å²) in [7, 11) is 1.68. The van der Waals surface area contributed by atoms with E-state index in [1.54, 1.807) is 37.1 Å². The van der Waals surface area contributed by atoms with Gasteiger partial charge in [0.25, 0.3) is 0 Å². The fourth-order valence-corrected chi connectivity index (χ4v) is 3.49. The number of aromatic nitrogens is 2. The van der Waals surface area contributed by atoms with E-state index in [-0.39, 0.29) is 18.4 Å². The number of nitrogens with one attached hydrogen (secondary N) is 1. The minimum Gasteiger partial charge on any atom is -0.340 e. The van der Waals surface area contributed by atoms with Gasteiger partial charge in [-0.1, -0.05) is 0 Å². The molecule has 2 aliphatic rings. The molecule has 3 atom stereocenters. The fourth-order valence-electron chi connectivity index (χ4n) is 3.49. The topological polar surface area (TPSA) is 70.5 Å². The average molecular weight is 319 g/mol. The Morgan fingerprint density at radius 1 is 1.35 bits per heavy atom. The molecular weight excluding hydrogens is 294 g/mol. The van der Waals surface area contributed by atoms with Crippen LogP contribution in [0.25, 0.3) is 0 Å². The van der Waals surface area contributed by atoms with Gasteiger partial charge >= 0.3 is 0 Å². The summed E-state index contributed by atoms with van der Waals surface area (Å²) in [6.07, 6.45) is 6.76. The van der Waals surface area contributed by atoms with Gasteiger partial charge in [0.15, 0.2) is 0 Å². The normalized spacial score (nSPS) is 25.0. The van der Waals surface area contributed by atoms with E-state index < -0.39 is 6.04 Å². The third-order valence-electron chi connectivity index (χ3n) is 4.90. The first-order valence-corrected chi connectivity index (χ1v) is 8.32. The number of hydrogen-bond donors (Lipinski definition) is 1. The van der Waals surface area contributed by atoms with Crippen LogP contribution in [0.3, 0.4) is 0 Å². The Balaban J connectivity index is 1.55. The molecule has 7 heteroatoms. The van der Waals surface area contributed by atoms with Gasteiger partial charge in [0.05, 0.1) is 6.54 Å². The molecular formula is C16H25N5O2. The maximum atomic E-state index is 12.5. The summed E-state index contributed by atoms with van der Waals surface area (Å²) in [4.78, 5) is 28.4. The van der Waals surface area contributed by atoms with E-state index in [1.807, 2.05) is 4.90 Å². The molecule has 126 valence electrons. The summed E-state index contributed by atoms with van der Waals surface area (Å²) in [5.74, 6) is -0.0700. The third kappa shape index (κ3) is 3.55. The van der Waals surface area contributed by atoms with Crippen LogP contribution < -0.4 is 5.32 Å². The Labute approximate surface area is 136 Å². The zero-order valence-electron chi connectivity index (χ0n) is 13.8.